The van der Waals surface area contributed by atoms with Crippen LogP contribution in [0.1, 0.15) is 5.69 Å². The second-order valence-electron chi connectivity index (χ2n) is 3.27. The first-order chi connectivity index (χ1) is 7.88. The molecule has 2 rings (SSSR count). The molecular weight excluding hydrogens is 320 g/mol. The van der Waals surface area contributed by atoms with Gasteiger partial charge in [-0.3, -0.25) is 0 Å². The highest BCUT2D eigenvalue weighted by molar-refractivity contribution is 9.10. The Morgan fingerprint density at radius 1 is 1.29 bits per heavy atom. The zero-order chi connectivity index (χ0) is 12.6. The molecule has 0 saturated carbocycles. The fourth-order valence-corrected chi connectivity index (χ4v) is 1.75. The Labute approximate surface area is 108 Å². The number of nitrogens with one attached hydrogen (secondary N) is 1. The molecule has 1 heterocycles. The van der Waals surface area contributed by atoms with Crippen molar-refractivity contribution >= 4 is 27.5 Å². The van der Waals surface area contributed by atoms with E-state index in [0.29, 0.717) is 15.1 Å². The van der Waals surface area contributed by atoms with Crippen LogP contribution in [0.25, 0.3) is 11.4 Å². The summed E-state index contributed by atoms with van der Waals surface area (Å²) in [6.45, 7) is 0. The van der Waals surface area contributed by atoms with Gasteiger partial charge in [-0.15, -0.1) is 0 Å². The fraction of sp³-hybridized carbons (Fsp3) is 0.100. The van der Waals surface area contributed by atoms with E-state index in [1.807, 2.05) is 0 Å². The zero-order valence-corrected chi connectivity index (χ0v) is 10.5. The zero-order valence-electron chi connectivity index (χ0n) is 8.15. The van der Waals surface area contributed by atoms with E-state index in [4.69, 9.17) is 11.6 Å². The molecule has 0 aliphatic carbocycles. The Morgan fingerprint density at radius 3 is 2.53 bits per heavy atom. The molecule has 90 valence electrons. The first-order valence-electron chi connectivity index (χ1n) is 4.45. The summed E-state index contributed by atoms with van der Waals surface area (Å²) < 4.78 is 37.7. The monoisotopic (exact) mass is 324 g/mol. The number of aromatic amines is 1. The van der Waals surface area contributed by atoms with Gasteiger partial charge < -0.3 is 4.98 Å². The molecule has 0 atom stereocenters. The minimum Gasteiger partial charge on any atom is -0.334 e. The van der Waals surface area contributed by atoms with Gasteiger partial charge in [0, 0.05) is 10.0 Å². The molecule has 1 aromatic heterocycles. The maximum Gasteiger partial charge on any atom is 0.432 e. The number of nitrogens with zero attached hydrogens (tertiary/aromatic N) is 1. The van der Waals surface area contributed by atoms with Gasteiger partial charge in [-0.1, -0.05) is 11.6 Å². The lowest BCUT2D eigenvalue weighted by Gasteiger charge is -2.02. The van der Waals surface area contributed by atoms with Gasteiger partial charge in [-0.05, 0) is 34.1 Å². The lowest BCUT2D eigenvalue weighted by Crippen LogP contribution is -2.04. The highest BCUT2D eigenvalue weighted by atomic mass is 79.9. The molecule has 0 amide bonds. The van der Waals surface area contributed by atoms with Crippen molar-refractivity contribution in [2.24, 2.45) is 0 Å². The number of aromatic nitrogens is 2. The topological polar surface area (TPSA) is 28.7 Å². The number of imidazole rings is 1. The van der Waals surface area contributed by atoms with Crippen LogP contribution in [0.4, 0.5) is 13.2 Å². The molecular formula is C10H5BrClF3N2. The van der Waals surface area contributed by atoms with E-state index in [1.54, 1.807) is 18.2 Å². The van der Waals surface area contributed by atoms with Gasteiger partial charge in [0.2, 0.25) is 0 Å². The summed E-state index contributed by atoms with van der Waals surface area (Å²) in [7, 11) is 0. The number of benzene rings is 1. The molecule has 7 heteroatoms. The number of alkyl halides is 3. The van der Waals surface area contributed by atoms with Crippen LogP contribution in [0.15, 0.2) is 28.9 Å². The minimum absolute atomic E-state index is 0.148. The normalized spacial score (nSPS) is 11.8. The van der Waals surface area contributed by atoms with Gasteiger partial charge in [0.15, 0.2) is 0 Å². The molecule has 2 aromatic rings. The maximum absolute atomic E-state index is 12.4. The largest absolute Gasteiger partial charge is 0.432 e. The van der Waals surface area contributed by atoms with Crippen LogP contribution in [-0.4, -0.2) is 9.97 Å². The molecule has 1 aromatic carbocycles. The van der Waals surface area contributed by atoms with Crippen LogP contribution in [0.5, 0.6) is 0 Å². The molecule has 0 unspecified atom stereocenters. The third-order valence-electron chi connectivity index (χ3n) is 2.07. The van der Waals surface area contributed by atoms with Gasteiger partial charge in [0.1, 0.15) is 11.5 Å². The summed E-state index contributed by atoms with van der Waals surface area (Å²) in [5, 5.41) is 0.483. The number of rotatable bonds is 1. The fourth-order valence-electron chi connectivity index (χ4n) is 1.26. The van der Waals surface area contributed by atoms with Crippen molar-refractivity contribution in [2.45, 2.75) is 6.18 Å². The molecule has 0 aliphatic heterocycles. The van der Waals surface area contributed by atoms with E-state index in [2.05, 4.69) is 25.9 Å². The molecule has 0 spiro atoms. The maximum atomic E-state index is 12.4. The van der Waals surface area contributed by atoms with E-state index in [-0.39, 0.29) is 5.82 Å². The predicted molar refractivity (Wildman–Crippen MR) is 61.7 cm³/mol. The van der Waals surface area contributed by atoms with Gasteiger partial charge >= 0.3 is 6.18 Å². The third kappa shape index (κ3) is 2.63. The van der Waals surface area contributed by atoms with E-state index < -0.39 is 11.9 Å². The van der Waals surface area contributed by atoms with Crippen molar-refractivity contribution in [2.75, 3.05) is 0 Å². The Morgan fingerprint density at radius 2 is 2.00 bits per heavy atom. The van der Waals surface area contributed by atoms with E-state index >= 15 is 0 Å². The van der Waals surface area contributed by atoms with Crippen LogP contribution in [0.2, 0.25) is 5.02 Å². The van der Waals surface area contributed by atoms with Gasteiger partial charge in [0.25, 0.3) is 0 Å². The van der Waals surface area contributed by atoms with E-state index in [9.17, 15) is 13.2 Å². The summed E-state index contributed by atoms with van der Waals surface area (Å²) in [6.07, 6.45) is -3.66. The Hall–Kier alpha value is -1.01. The molecule has 0 aliphatic rings. The molecule has 17 heavy (non-hydrogen) atoms. The second-order valence-corrected chi connectivity index (χ2v) is 4.53. The number of halogens is 5. The summed E-state index contributed by atoms with van der Waals surface area (Å²) in [5.41, 5.74) is -0.352. The smallest absolute Gasteiger partial charge is 0.334 e. The number of hydrogen-bond acceptors (Lipinski definition) is 1. The second kappa shape index (κ2) is 4.34. The molecule has 2 nitrogen and oxygen atoms in total. The summed E-state index contributed by atoms with van der Waals surface area (Å²) in [4.78, 5) is 5.90. The minimum atomic E-state index is -4.42. The van der Waals surface area contributed by atoms with Gasteiger partial charge in [0.05, 0.1) is 11.2 Å². The van der Waals surface area contributed by atoms with Crippen molar-refractivity contribution in [3.05, 3.63) is 39.6 Å². The first-order valence-corrected chi connectivity index (χ1v) is 5.62. The summed E-state index contributed by atoms with van der Waals surface area (Å²) >= 11 is 8.98. The number of hydrogen-bond donors (Lipinski definition) is 1. The van der Waals surface area contributed by atoms with Crippen molar-refractivity contribution in [1.82, 2.24) is 9.97 Å². The summed E-state index contributed by atoms with van der Waals surface area (Å²) in [5.74, 6) is 0.148. The molecule has 0 bridgehead atoms. The Kier molecular flexibility index (Phi) is 3.18. The lowest BCUT2D eigenvalue weighted by molar-refractivity contribution is -0.140. The van der Waals surface area contributed by atoms with Gasteiger partial charge in [-0.25, -0.2) is 4.98 Å². The predicted octanol–water partition coefficient (Wildman–Crippen LogP) is 4.51. The van der Waals surface area contributed by atoms with Crippen molar-refractivity contribution in [3.63, 3.8) is 0 Å². The van der Waals surface area contributed by atoms with Crippen molar-refractivity contribution < 1.29 is 13.2 Å². The number of H-pyrrole nitrogens is 1. The standard InChI is InChI=1S/C10H5BrClF3N2/c11-6-3-5(1-2-7(6)12)9-16-4-8(17-9)10(13,14)15/h1-4H,(H,16,17). The van der Waals surface area contributed by atoms with Crippen LogP contribution >= 0.6 is 27.5 Å². The van der Waals surface area contributed by atoms with Crippen molar-refractivity contribution in [3.8, 4) is 11.4 Å². The first kappa shape index (κ1) is 12.4. The third-order valence-corrected chi connectivity index (χ3v) is 3.29. The van der Waals surface area contributed by atoms with E-state index in [0.717, 1.165) is 6.20 Å². The average Bonchev–Trinajstić information content (AvgIpc) is 2.70. The van der Waals surface area contributed by atoms with Crippen LogP contribution in [0, 0.1) is 0 Å². The highest BCUT2D eigenvalue weighted by Crippen LogP contribution is 2.31. The van der Waals surface area contributed by atoms with Crippen LogP contribution in [0.3, 0.4) is 0 Å². The SMILES string of the molecule is FC(F)(F)c1cnc(-c2ccc(Cl)c(Br)c2)[nH]1. The van der Waals surface area contributed by atoms with Crippen LogP contribution < -0.4 is 0 Å². The molecule has 0 fully saturated rings. The summed E-state index contributed by atoms with van der Waals surface area (Å²) in [6, 6.07) is 4.77. The Bertz CT molecular complexity index is 551. The van der Waals surface area contributed by atoms with Crippen LogP contribution in [-0.2, 0) is 6.18 Å². The van der Waals surface area contributed by atoms with E-state index in [1.165, 1.54) is 0 Å². The molecule has 0 radical (unpaired) electrons. The quantitative estimate of drug-likeness (QED) is 0.821. The Balaban J connectivity index is 2.40. The van der Waals surface area contributed by atoms with Crippen molar-refractivity contribution in [1.29, 1.82) is 0 Å². The lowest BCUT2D eigenvalue weighted by atomic mass is 10.2. The van der Waals surface area contributed by atoms with Gasteiger partial charge in [-0.2, -0.15) is 13.2 Å². The molecule has 0 saturated heterocycles. The average molecular weight is 326 g/mol. The highest BCUT2D eigenvalue weighted by Gasteiger charge is 2.33. The molecule has 1 N–H and O–H groups in total.